The molecule has 2 aromatic rings. The van der Waals surface area contributed by atoms with Crippen LogP contribution in [0.25, 0.3) is 11.4 Å². The molecule has 0 unspecified atom stereocenters. The van der Waals surface area contributed by atoms with Gasteiger partial charge in [0.25, 0.3) is 0 Å². The zero-order valence-electron chi connectivity index (χ0n) is 12.1. The second kappa shape index (κ2) is 6.74. The number of nitrogens with zero attached hydrogens (tertiary/aromatic N) is 2. The van der Waals surface area contributed by atoms with E-state index in [1.807, 2.05) is 19.9 Å². The number of aryl methyl sites for hydroxylation is 1. The lowest BCUT2D eigenvalue weighted by Gasteiger charge is -2.12. The van der Waals surface area contributed by atoms with E-state index in [1.54, 1.807) is 12.1 Å². The SMILES string of the molecule is CC[C@H](N)CNc1cc(C)nc(-c2cc(Cl)ccc2O)n1. The van der Waals surface area contributed by atoms with Crippen molar-refractivity contribution >= 4 is 17.4 Å². The second-order valence-corrected chi connectivity index (χ2v) is 5.37. The summed E-state index contributed by atoms with van der Waals surface area (Å²) in [7, 11) is 0. The summed E-state index contributed by atoms with van der Waals surface area (Å²) in [5.74, 6) is 1.21. The average Bonchev–Trinajstić information content (AvgIpc) is 2.46. The molecule has 6 heteroatoms. The van der Waals surface area contributed by atoms with Gasteiger partial charge in [-0.1, -0.05) is 18.5 Å². The van der Waals surface area contributed by atoms with E-state index in [1.165, 1.54) is 6.07 Å². The van der Waals surface area contributed by atoms with Crippen LogP contribution in [0.1, 0.15) is 19.0 Å². The number of nitrogens with two attached hydrogens (primary N) is 1. The molecule has 0 radical (unpaired) electrons. The molecular weight excluding hydrogens is 288 g/mol. The number of hydrogen-bond donors (Lipinski definition) is 3. The van der Waals surface area contributed by atoms with E-state index >= 15 is 0 Å². The van der Waals surface area contributed by atoms with E-state index in [-0.39, 0.29) is 11.8 Å². The number of nitrogens with one attached hydrogen (secondary N) is 1. The Morgan fingerprint density at radius 3 is 2.81 bits per heavy atom. The summed E-state index contributed by atoms with van der Waals surface area (Å²) in [5, 5.41) is 13.7. The van der Waals surface area contributed by atoms with Crippen molar-refractivity contribution in [1.29, 1.82) is 0 Å². The third-order valence-corrected chi connectivity index (χ3v) is 3.36. The summed E-state index contributed by atoms with van der Waals surface area (Å²) in [4.78, 5) is 8.77. The van der Waals surface area contributed by atoms with Crippen LogP contribution >= 0.6 is 11.6 Å². The minimum absolute atomic E-state index is 0.0725. The van der Waals surface area contributed by atoms with Gasteiger partial charge in [0.2, 0.25) is 0 Å². The number of halogens is 1. The number of phenols is 1. The average molecular weight is 307 g/mol. The van der Waals surface area contributed by atoms with Crippen LogP contribution in [0.4, 0.5) is 5.82 Å². The molecule has 5 nitrogen and oxygen atoms in total. The van der Waals surface area contributed by atoms with Crippen LogP contribution in [-0.4, -0.2) is 27.7 Å². The number of hydrogen-bond acceptors (Lipinski definition) is 5. The van der Waals surface area contributed by atoms with Gasteiger partial charge in [-0.15, -0.1) is 0 Å². The highest BCUT2D eigenvalue weighted by Gasteiger charge is 2.11. The number of anilines is 1. The van der Waals surface area contributed by atoms with E-state index < -0.39 is 0 Å². The van der Waals surface area contributed by atoms with Gasteiger partial charge >= 0.3 is 0 Å². The van der Waals surface area contributed by atoms with E-state index in [0.29, 0.717) is 28.8 Å². The lowest BCUT2D eigenvalue weighted by Crippen LogP contribution is -2.28. The minimum atomic E-state index is 0.0725. The second-order valence-electron chi connectivity index (χ2n) is 4.93. The van der Waals surface area contributed by atoms with E-state index in [0.717, 1.165) is 12.1 Å². The van der Waals surface area contributed by atoms with Crippen molar-refractivity contribution in [3.63, 3.8) is 0 Å². The first-order chi connectivity index (χ1) is 9.99. The molecule has 2 rings (SSSR count). The number of rotatable bonds is 5. The Balaban J connectivity index is 2.32. The van der Waals surface area contributed by atoms with Crippen molar-refractivity contribution in [2.75, 3.05) is 11.9 Å². The van der Waals surface area contributed by atoms with Gasteiger partial charge in [-0.3, -0.25) is 0 Å². The maximum atomic E-state index is 9.95. The minimum Gasteiger partial charge on any atom is -0.507 e. The summed E-state index contributed by atoms with van der Waals surface area (Å²) >= 11 is 5.97. The normalized spacial score (nSPS) is 12.2. The van der Waals surface area contributed by atoms with Crippen molar-refractivity contribution < 1.29 is 5.11 Å². The van der Waals surface area contributed by atoms with Gasteiger partial charge in [-0.05, 0) is 31.5 Å². The van der Waals surface area contributed by atoms with Gasteiger partial charge in [0, 0.05) is 29.4 Å². The molecule has 0 saturated heterocycles. The van der Waals surface area contributed by atoms with E-state index in [9.17, 15) is 5.11 Å². The predicted octanol–water partition coefficient (Wildman–Crippen LogP) is 2.96. The van der Waals surface area contributed by atoms with Crippen molar-refractivity contribution in [2.24, 2.45) is 5.73 Å². The number of phenolic OH excluding ortho intramolecular Hbond substituents is 1. The molecule has 0 saturated carbocycles. The van der Waals surface area contributed by atoms with Crippen LogP contribution in [0.5, 0.6) is 5.75 Å². The molecule has 112 valence electrons. The van der Waals surface area contributed by atoms with Crippen molar-refractivity contribution in [2.45, 2.75) is 26.3 Å². The third-order valence-electron chi connectivity index (χ3n) is 3.12. The van der Waals surface area contributed by atoms with Crippen molar-refractivity contribution in [3.05, 3.63) is 35.0 Å². The zero-order valence-corrected chi connectivity index (χ0v) is 12.9. The van der Waals surface area contributed by atoms with Crippen LogP contribution in [0.3, 0.4) is 0 Å². The first kappa shape index (κ1) is 15.5. The lowest BCUT2D eigenvalue weighted by molar-refractivity contribution is 0.477. The molecule has 0 aliphatic heterocycles. The van der Waals surface area contributed by atoms with Crippen LogP contribution in [-0.2, 0) is 0 Å². The molecule has 0 amide bonds. The smallest absolute Gasteiger partial charge is 0.165 e. The lowest BCUT2D eigenvalue weighted by atomic mass is 10.2. The summed E-state index contributed by atoms with van der Waals surface area (Å²) in [6, 6.07) is 6.71. The molecule has 4 N–H and O–H groups in total. The van der Waals surface area contributed by atoms with Crippen LogP contribution in [0, 0.1) is 6.92 Å². The van der Waals surface area contributed by atoms with Crippen molar-refractivity contribution in [1.82, 2.24) is 9.97 Å². The Kier molecular flexibility index (Phi) is 4.98. The molecule has 1 aromatic heterocycles. The van der Waals surface area contributed by atoms with Gasteiger partial charge in [0.1, 0.15) is 11.6 Å². The fourth-order valence-corrected chi connectivity index (χ4v) is 2.02. The molecule has 0 bridgehead atoms. The highest BCUT2D eigenvalue weighted by atomic mass is 35.5. The molecule has 0 spiro atoms. The molecule has 1 aromatic carbocycles. The summed E-state index contributed by atoms with van der Waals surface area (Å²) < 4.78 is 0. The molecule has 0 fully saturated rings. The molecule has 21 heavy (non-hydrogen) atoms. The van der Waals surface area contributed by atoms with Crippen molar-refractivity contribution in [3.8, 4) is 17.1 Å². The quantitative estimate of drug-likeness (QED) is 0.791. The first-order valence-electron chi connectivity index (χ1n) is 6.83. The number of benzene rings is 1. The fraction of sp³-hybridized carbons (Fsp3) is 0.333. The zero-order chi connectivity index (χ0) is 15.4. The maximum absolute atomic E-state index is 9.95. The van der Waals surface area contributed by atoms with Crippen LogP contribution in [0.15, 0.2) is 24.3 Å². The summed E-state index contributed by atoms with van der Waals surface area (Å²) in [5.41, 5.74) is 7.20. The monoisotopic (exact) mass is 306 g/mol. The van der Waals surface area contributed by atoms with Gasteiger partial charge in [0.15, 0.2) is 5.82 Å². The maximum Gasteiger partial charge on any atom is 0.165 e. The van der Waals surface area contributed by atoms with Gasteiger partial charge in [-0.25, -0.2) is 9.97 Å². The van der Waals surface area contributed by atoms with Gasteiger partial charge in [-0.2, -0.15) is 0 Å². The Bertz CT molecular complexity index is 633. The van der Waals surface area contributed by atoms with Gasteiger partial charge < -0.3 is 16.2 Å². The number of aromatic nitrogens is 2. The highest BCUT2D eigenvalue weighted by molar-refractivity contribution is 6.30. The highest BCUT2D eigenvalue weighted by Crippen LogP contribution is 2.30. The number of aromatic hydroxyl groups is 1. The van der Waals surface area contributed by atoms with E-state index in [2.05, 4.69) is 15.3 Å². The molecule has 1 heterocycles. The first-order valence-corrected chi connectivity index (χ1v) is 7.21. The standard InChI is InChI=1S/C15H19ClN4O/c1-3-11(17)8-18-14-6-9(2)19-15(20-14)12-7-10(16)4-5-13(12)21/h4-7,11,21H,3,8,17H2,1-2H3,(H,18,19,20)/t11-/m0/s1. The Morgan fingerprint density at radius 1 is 1.33 bits per heavy atom. The molecular formula is C15H19ClN4O. The Morgan fingerprint density at radius 2 is 2.10 bits per heavy atom. The predicted molar refractivity (Wildman–Crippen MR) is 85.6 cm³/mol. The Hall–Kier alpha value is -1.85. The summed E-state index contributed by atoms with van der Waals surface area (Å²) in [6.45, 7) is 4.54. The topological polar surface area (TPSA) is 84.1 Å². The molecule has 0 aliphatic carbocycles. The Labute approximate surface area is 129 Å². The third kappa shape index (κ3) is 4.06. The fourth-order valence-electron chi connectivity index (χ4n) is 1.85. The van der Waals surface area contributed by atoms with Crippen LogP contribution < -0.4 is 11.1 Å². The summed E-state index contributed by atoms with van der Waals surface area (Å²) in [6.07, 6.45) is 0.888. The molecule has 1 atom stereocenters. The van der Waals surface area contributed by atoms with E-state index in [4.69, 9.17) is 17.3 Å². The van der Waals surface area contributed by atoms with Crippen LogP contribution in [0.2, 0.25) is 5.02 Å². The largest absolute Gasteiger partial charge is 0.507 e. The van der Waals surface area contributed by atoms with Gasteiger partial charge in [0.05, 0.1) is 5.56 Å². The molecule has 0 aliphatic rings.